The SMILES string of the molecule is CCc1cnc(C#N)nc1N(CCC1=CCC=C(CBr)C=C1)C1CCCCC1. The zero-order chi connectivity index (χ0) is 19.8. The zero-order valence-electron chi connectivity index (χ0n) is 16.7. The number of nitrogens with zero attached hydrogens (tertiary/aromatic N) is 4. The fourth-order valence-electron chi connectivity index (χ4n) is 4.05. The van der Waals surface area contributed by atoms with Crippen LogP contribution in [0.4, 0.5) is 5.82 Å². The Morgan fingerprint density at radius 1 is 1.18 bits per heavy atom. The maximum absolute atomic E-state index is 9.31. The number of anilines is 1. The van der Waals surface area contributed by atoms with E-state index in [0.29, 0.717) is 6.04 Å². The predicted molar refractivity (Wildman–Crippen MR) is 119 cm³/mol. The summed E-state index contributed by atoms with van der Waals surface area (Å²) >= 11 is 3.55. The van der Waals surface area contributed by atoms with E-state index in [-0.39, 0.29) is 5.82 Å². The van der Waals surface area contributed by atoms with Gasteiger partial charge in [0.1, 0.15) is 11.9 Å². The standard InChI is InChI=1S/C23H29BrN4/c1-2-20-17-26-22(16-25)27-23(20)28(21-9-4-3-5-10-21)14-13-18-7-6-8-19(15-24)12-11-18/h7-8,11-12,17,21H,2-6,9-10,13-15H2,1H3. The van der Waals surface area contributed by atoms with Gasteiger partial charge in [0.2, 0.25) is 5.82 Å². The van der Waals surface area contributed by atoms with Crippen molar-refractivity contribution in [2.75, 3.05) is 16.8 Å². The molecule has 148 valence electrons. The highest BCUT2D eigenvalue weighted by molar-refractivity contribution is 9.09. The van der Waals surface area contributed by atoms with Crippen LogP contribution >= 0.6 is 15.9 Å². The van der Waals surface area contributed by atoms with E-state index in [9.17, 15) is 5.26 Å². The van der Waals surface area contributed by atoms with Gasteiger partial charge in [0.15, 0.2) is 0 Å². The molecule has 5 heteroatoms. The number of hydrogen-bond acceptors (Lipinski definition) is 4. The number of aromatic nitrogens is 2. The predicted octanol–water partition coefficient (Wildman–Crippen LogP) is 5.65. The zero-order valence-corrected chi connectivity index (χ0v) is 18.3. The van der Waals surface area contributed by atoms with Crippen LogP contribution in [0.5, 0.6) is 0 Å². The first-order valence-electron chi connectivity index (χ1n) is 10.4. The summed E-state index contributed by atoms with van der Waals surface area (Å²) in [5, 5.41) is 10.2. The fraction of sp³-hybridized carbons (Fsp3) is 0.522. The molecule has 0 aromatic carbocycles. The van der Waals surface area contributed by atoms with Crippen molar-refractivity contribution < 1.29 is 0 Å². The molecule has 1 saturated carbocycles. The lowest BCUT2D eigenvalue weighted by Crippen LogP contribution is -2.39. The summed E-state index contributed by atoms with van der Waals surface area (Å²) in [6.45, 7) is 3.07. The first-order valence-corrected chi connectivity index (χ1v) is 11.5. The van der Waals surface area contributed by atoms with Gasteiger partial charge in [0, 0.05) is 29.7 Å². The first kappa shape index (κ1) is 20.8. The molecule has 1 fully saturated rings. The maximum Gasteiger partial charge on any atom is 0.234 e. The molecule has 1 aromatic heterocycles. The maximum atomic E-state index is 9.31. The highest BCUT2D eigenvalue weighted by Gasteiger charge is 2.24. The normalized spacial score (nSPS) is 17.5. The van der Waals surface area contributed by atoms with E-state index in [2.05, 4.69) is 68.1 Å². The molecule has 0 bridgehead atoms. The van der Waals surface area contributed by atoms with Crippen LogP contribution in [0, 0.1) is 11.3 Å². The second kappa shape index (κ2) is 10.6. The summed E-state index contributed by atoms with van der Waals surface area (Å²) in [6.07, 6.45) is 20.1. The van der Waals surface area contributed by atoms with E-state index < -0.39 is 0 Å². The van der Waals surface area contributed by atoms with Crippen molar-refractivity contribution in [2.45, 2.75) is 64.3 Å². The molecule has 2 aliphatic carbocycles. The van der Waals surface area contributed by atoms with Crippen LogP contribution in [-0.2, 0) is 6.42 Å². The Kier molecular flexibility index (Phi) is 7.85. The summed E-state index contributed by atoms with van der Waals surface area (Å²) in [6, 6.07) is 2.63. The summed E-state index contributed by atoms with van der Waals surface area (Å²) in [5.74, 6) is 1.24. The van der Waals surface area contributed by atoms with E-state index in [1.807, 2.05) is 6.20 Å². The van der Waals surface area contributed by atoms with Gasteiger partial charge in [-0.25, -0.2) is 9.97 Å². The Morgan fingerprint density at radius 2 is 1.93 bits per heavy atom. The van der Waals surface area contributed by atoms with Crippen LogP contribution in [0.3, 0.4) is 0 Å². The molecular formula is C23H29BrN4. The molecule has 0 N–H and O–H groups in total. The smallest absolute Gasteiger partial charge is 0.234 e. The minimum atomic E-state index is 0.271. The van der Waals surface area contributed by atoms with Crippen LogP contribution in [-0.4, -0.2) is 27.9 Å². The lowest BCUT2D eigenvalue weighted by molar-refractivity contribution is 0.412. The summed E-state index contributed by atoms with van der Waals surface area (Å²) < 4.78 is 0. The van der Waals surface area contributed by atoms with Gasteiger partial charge < -0.3 is 4.90 Å². The van der Waals surface area contributed by atoms with Gasteiger partial charge in [-0.2, -0.15) is 5.26 Å². The van der Waals surface area contributed by atoms with E-state index in [0.717, 1.165) is 42.5 Å². The van der Waals surface area contributed by atoms with Crippen molar-refractivity contribution >= 4 is 21.7 Å². The van der Waals surface area contributed by atoms with Gasteiger partial charge in [0.25, 0.3) is 0 Å². The third-order valence-corrected chi connectivity index (χ3v) is 6.32. The molecule has 28 heavy (non-hydrogen) atoms. The monoisotopic (exact) mass is 440 g/mol. The molecule has 0 aliphatic heterocycles. The van der Waals surface area contributed by atoms with Crippen LogP contribution < -0.4 is 4.90 Å². The fourth-order valence-corrected chi connectivity index (χ4v) is 4.47. The minimum Gasteiger partial charge on any atom is -0.353 e. The van der Waals surface area contributed by atoms with Crippen LogP contribution in [0.2, 0.25) is 0 Å². The second-order valence-corrected chi connectivity index (χ2v) is 8.06. The molecule has 1 heterocycles. The number of aryl methyl sites for hydroxylation is 1. The molecule has 1 aromatic rings. The lowest BCUT2D eigenvalue weighted by atomic mass is 9.93. The average molecular weight is 441 g/mol. The van der Waals surface area contributed by atoms with Gasteiger partial charge in [-0.05, 0) is 43.3 Å². The van der Waals surface area contributed by atoms with Gasteiger partial charge in [-0.1, -0.05) is 66.4 Å². The Labute approximate surface area is 177 Å². The van der Waals surface area contributed by atoms with Crippen molar-refractivity contribution in [3.05, 3.63) is 53.0 Å². The van der Waals surface area contributed by atoms with E-state index in [1.165, 1.54) is 43.3 Å². The Morgan fingerprint density at radius 3 is 2.64 bits per heavy atom. The largest absolute Gasteiger partial charge is 0.353 e. The number of alkyl halides is 1. The van der Waals surface area contributed by atoms with Crippen LogP contribution in [0.25, 0.3) is 0 Å². The van der Waals surface area contributed by atoms with E-state index in [4.69, 9.17) is 0 Å². The topological polar surface area (TPSA) is 52.8 Å². The summed E-state index contributed by atoms with van der Waals surface area (Å²) in [5.41, 5.74) is 3.84. The first-order chi connectivity index (χ1) is 13.7. The highest BCUT2D eigenvalue weighted by Crippen LogP contribution is 2.29. The van der Waals surface area contributed by atoms with Gasteiger partial charge in [0.05, 0.1) is 0 Å². The second-order valence-electron chi connectivity index (χ2n) is 7.50. The lowest BCUT2D eigenvalue weighted by Gasteiger charge is -2.36. The van der Waals surface area contributed by atoms with Crippen molar-refractivity contribution in [1.82, 2.24) is 9.97 Å². The molecular weight excluding hydrogens is 412 g/mol. The third kappa shape index (κ3) is 5.32. The van der Waals surface area contributed by atoms with Gasteiger partial charge >= 0.3 is 0 Å². The quantitative estimate of drug-likeness (QED) is 0.514. The number of rotatable bonds is 7. The molecule has 0 atom stereocenters. The Hall–Kier alpha value is -1.93. The number of nitriles is 1. The van der Waals surface area contributed by atoms with Crippen LogP contribution in [0.1, 0.15) is 63.3 Å². The molecule has 4 nitrogen and oxygen atoms in total. The Balaban J connectivity index is 1.82. The third-order valence-electron chi connectivity index (χ3n) is 5.68. The van der Waals surface area contributed by atoms with E-state index in [1.54, 1.807) is 0 Å². The molecule has 3 rings (SSSR count). The average Bonchev–Trinajstić information content (AvgIpc) is 2.99. The minimum absolute atomic E-state index is 0.271. The molecule has 0 spiro atoms. The summed E-state index contributed by atoms with van der Waals surface area (Å²) in [4.78, 5) is 11.3. The Bertz CT molecular complexity index is 797. The van der Waals surface area contributed by atoms with Crippen molar-refractivity contribution in [2.24, 2.45) is 0 Å². The molecule has 0 amide bonds. The highest BCUT2D eigenvalue weighted by atomic mass is 79.9. The molecule has 0 unspecified atom stereocenters. The number of allylic oxidation sites excluding steroid dienone is 5. The van der Waals surface area contributed by atoms with Crippen molar-refractivity contribution in [3.8, 4) is 6.07 Å². The molecule has 0 radical (unpaired) electrons. The van der Waals surface area contributed by atoms with Crippen molar-refractivity contribution in [1.29, 1.82) is 5.26 Å². The summed E-state index contributed by atoms with van der Waals surface area (Å²) in [7, 11) is 0. The van der Waals surface area contributed by atoms with Crippen molar-refractivity contribution in [3.63, 3.8) is 0 Å². The molecule has 0 saturated heterocycles. The molecule has 2 aliphatic rings. The van der Waals surface area contributed by atoms with Gasteiger partial charge in [-0.15, -0.1) is 0 Å². The van der Waals surface area contributed by atoms with Crippen LogP contribution in [0.15, 0.2) is 41.6 Å². The number of halogens is 1. The van der Waals surface area contributed by atoms with Gasteiger partial charge in [-0.3, -0.25) is 0 Å². The van der Waals surface area contributed by atoms with E-state index >= 15 is 0 Å². The number of hydrogen-bond donors (Lipinski definition) is 0.